The fourth-order valence-corrected chi connectivity index (χ4v) is 3.26. The van der Waals surface area contributed by atoms with E-state index in [1.165, 1.54) is 11.1 Å². The second-order valence-electron chi connectivity index (χ2n) is 6.35. The standard InChI is InChI=1S/C16H24N2O/c1-16(2)12-18(9-8-17-16)11-15-14-6-4-3-5-13(14)7-10-19-15/h3-6,15,17H,7-12H2,1-2H3. The van der Waals surface area contributed by atoms with Crippen LogP contribution in [-0.4, -0.2) is 43.2 Å². The summed E-state index contributed by atoms with van der Waals surface area (Å²) in [6.07, 6.45) is 1.30. The summed E-state index contributed by atoms with van der Waals surface area (Å²) >= 11 is 0. The largest absolute Gasteiger partial charge is 0.372 e. The van der Waals surface area contributed by atoms with Crippen molar-refractivity contribution in [2.45, 2.75) is 31.9 Å². The summed E-state index contributed by atoms with van der Waals surface area (Å²) < 4.78 is 6.01. The van der Waals surface area contributed by atoms with Crippen LogP contribution in [0.3, 0.4) is 0 Å². The third-order valence-electron chi connectivity index (χ3n) is 4.17. The third kappa shape index (κ3) is 2.99. The summed E-state index contributed by atoms with van der Waals surface area (Å²) in [7, 11) is 0. The van der Waals surface area contributed by atoms with Crippen LogP contribution in [-0.2, 0) is 11.2 Å². The van der Waals surface area contributed by atoms with Crippen molar-refractivity contribution < 1.29 is 4.74 Å². The lowest BCUT2D eigenvalue weighted by Crippen LogP contribution is -2.57. The lowest BCUT2D eigenvalue weighted by Gasteiger charge is -2.41. The highest BCUT2D eigenvalue weighted by atomic mass is 16.5. The van der Waals surface area contributed by atoms with E-state index >= 15 is 0 Å². The molecule has 2 heterocycles. The van der Waals surface area contributed by atoms with Gasteiger partial charge in [-0.05, 0) is 31.4 Å². The zero-order valence-corrected chi connectivity index (χ0v) is 12.0. The second kappa shape index (κ2) is 5.23. The maximum Gasteiger partial charge on any atom is 0.0954 e. The van der Waals surface area contributed by atoms with Crippen molar-refractivity contribution in [1.82, 2.24) is 10.2 Å². The van der Waals surface area contributed by atoms with Gasteiger partial charge >= 0.3 is 0 Å². The highest BCUT2D eigenvalue weighted by Crippen LogP contribution is 2.28. The minimum Gasteiger partial charge on any atom is -0.372 e. The van der Waals surface area contributed by atoms with Gasteiger partial charge in [0.2, 0.25) is 0 Å². The predicted octanol–water partition coefficient (Wildman–Crippen LogP) is 1.98. The first-order valence-corrected chi connectivity index (χ1v) is 7.31. The highest BCUT2D eigenvalue weighted by Gasteiger charge is 2.29. The van der Waals surface area contributed by atoms with Crippen molar-refractivity contribution in [2.75, 3.05) is 32.8 Å². The Hall–Kier alpha value is -0.900. The zero-order chi connectivity index (χ0) is 13.3. The summed E-state index contributed by atoms with van der Waals surface area (Å²) in [6, 6.07) is 8.73. The summed E-state index contributed by atoms with van der Waals surface area (Å²) in [5, 5.41) is 3.56. The number of rotatable bonds is 2. The molecule has 3 heteroatoms. The van der Waals surface area contributed by atoms with E-state index in [4.69, 9.17) is 4.74 Å². The number of ether oxygens (including phenoxy) is 1. The van der Waals surface area contributed by atoms with Crippen LogP contribution in [0.15, 0.2) is 24.3 Å². The van der Waals surface area contributed by atoms with Gasteiger partial charge in [0.1, 0.15) is 0 Å². The Balaban J connectivity index is 1.71. The highest BCUT2D eigenvalue weighted by molar-refractivity contribution is 5.31. The molecule has 0 bridgehead atoms. The lowest BCUT2D eigenvalue weighted by molar-refractivity contribution is 0.00512. The first-order valence-electron chi connectivity index (χ1n) is 7.31. The van der Waals surface area contributed by atoms with Gasteiger partial charge in [0.15, 0.2) is 0 Å². The number of benzene rings is 1. The van der Waals surface area contributed by atoms with Crippen molar-refractivity contribution in [3.8, 4) is 0 Å². The Morgan fingerprint density at radius 3 is 3.05 bits per heavy atom. The van der Waals surface area contributed by atoms with Crippen LogP contribution in [0, 0.1) is 0 Å². The van der Waals surface area contributed by atoms with Crippen LogP contribution < -0.4 is 5.32 Å². The Kier molecular flexibility index (Phi) is 3.61. The molecule has 0 aromatic heterocycles. The molecule has 2 aliphatic heterocycles. The van der Waals surface area contributed by atoms with E-state index in [1.807, 2.05) is 0 Å². The molecule has 1 fully saturated rings. The first-order chi connectivity index (χ1) is 9.14. The molecule has 0 radical (unpaired) electrons. The van der Waals surface area contributed by atoms with Crippen molar-refractivity contribution >= 4 is 0 Å². The maximum atomic E-state index is 6.01. The molecule has 3 rings (SSSR count). The van der Waals surface area contributed by atoms with Gasteiger partial charge in [0.05, 0.1) is 12.7 Å². The molecule has 0 amide bonds. The molecule has 3 nitrogen and oxygen atoms in total. The number of nitrogens with one attached hydrogen (secondary N) is 1. The fraction of sp³-hybridized carbons (Fsp3) is 0.625. The van der Waals surface area contributed by atoms with Crippen LogP contribution in [0.25, 0.3) is 0 Å². The fourth-order valence-electron chi connectivity index (χ4n) is 3.26. The van der Waals surface area contributed by atoms with Gasteiger partial charge < -0.3 is 10.1 Å². The minimum absolute atomic E-state index is 0.215. The van der Waals surface area contributed by atoms with Crippen molar-refractivity contribution in [3.05, 3.63) is 35.4 Å². The smallest absolute Gasteiger partial charge is 0.0954 e. The van der Waals surface area contributed by atoms with Gasteiger partial charge in [-0.2, -0.15) is 0 Å². The van der Waals surface area contributed by atoms with E-state index < -0.39 is 0 Å². The topological polar surface area (TPSA) is 24.5 Å². The van der Waals surface area contributed by atoms with Gasteiger partial charge in [-0.3, -0.25) is 4.90 Å². The average Bonchev–Trinajstić information content (AvgIpc) is 2.38. The Labute approximate surface area is 115 Å². The molecule has 0 spiro atoms. The molecule has 1 atom stereocenters. The lowest BCUT2D eigenvalue weighted by atomic mass is 9.96. The molecule has 2 aliphatic rings. The summed E-state index contributed by atoms with van der Waals surface area (Å²) in [6.45, 7) is 9.70. The molecular formula is C16H24N2O. The number of hydrogen-bond acceptors (Lipinski definition) is 3. The summed E-state index contributed by atoms with van der Waals surface area (Å²) in [5.41, 5.74) is 3.07. The van der Waals surface area contributed by atoms with E-state index in [2.05, 4.69) is 48.3 Å². The molecule has 1 N–H and O–H groups in total. The average molecular weight is 260 g/mol. The van der Waals surface area contributed by atoms with Gasteiger partial charge in [0, 0.05) is 31.7 Å². The van der Waals surface area contributed by atoms with Crippen molar-refractivity contribution in [2.24, 2.45) is 0 Å². The normalized spacial score (nSPS) is 26.9. The van der Waals surface area contributed by atoms with Crippen LogP contribution >= 0.6 is 0 Å². The first kappa shape index (κ1) is 13.1. The number of nitrogens with zero attached hydrogens (tertiary/aromatic N) is 1. The quantitative estimate of drug-likeness (QED) is 0.880. The molecular weight excluding hydrogens is 236 g/mol. The molecule has 104 valence electrons. The number of piperazine rings is 1. The van der Waals surface area contributed by atoms with Crippen LogP contribution in [0.1, 0.15) is 31.1 Å². The SMILES string of the molecule is CC1(C)CN(CC2OCCc3ccccc32)CCN1. The second-order valence-corrected chi connectivity index (χ2v) is 6.35. The van der Waals surface area contributed by atoms with Gasteiger partial charge in [-0.1, -0.05) is 24.3 Å². The molecule has 1 saturated heterocycles. The van der Waals surface area contributed by atoms with E-state index in [0.29, 0.717) is 0 Å². The summed E-state index contributed by atoms with van der Waals surface area (Å²) in [5.74, 6) is 0. The van der Waals surface area contributed by atoms with E-state index in [-0.39, 0.29) is 11.6 Å². The van der Waals surface area contributed by atoms with E-state index in [1.54, 1.807) is 0 Å². The molecule has 1 unspecified atom stereocenters. The molecule has 0 saturated carbocycles. The predicted molar refractivity (Wildman–Crippen MR) is 77.4 cm³/mol. The Morgan fingerprint density at radius 1 is 1.37 bits per heavy atom. The zero-order valence-electron chi connectivity index (χ0n) is 12.0. The number of hydrogen-bond donors (Lipinski definition) is 1. The van der Waals surface area contributed by atoms with E-state index in [9.17, 15) is 0 Å². The van der Waals surface area contributed by atoms with Gasteiger partial charge in [-0.15, -0.1) is 0 Å². The van der Waals surface area contributed by atoms with Crippen LogP contribution in [0.4, 0.5) is 0 Å². The maximum absolute atomic E-state index is 6.01. The third-order valence-corrected chi connectivity index (χ3v) is 4.17. The van der Waals surface area contributed by atoms with Crippen LogP contribution in [0.5, 0.6) is 0 Å². The number of fused-ring (bicyclic) bond motifs is 1. The van der Waals surface area contributed by atoms with Gasteiger partial charge in [0.25, 0.3) is 0 Å². The van der Waals surface area contributed by atoms with E-state index in [0.717, 1.165) is 39.2 Å². The molecule has 1 aromatic carbocycles. The summed E-state index contributed by atoms with van der Waals surface area (Å²) in [4.78, 5) is 2.53. The monoisotopic (exact) mass is 260 g/mol. The minimum atomic E-state index is 0.215. The molecule has 1 aromatic rings. The van der Waals surface area contributed by atoms with Crippen molar-refractivity contribution in [1.29, 1.82) is 0 Å². The van der Waals surface area contributed by atoms with Crippen molar-refractivity contribution in [3.63, 3.8) is 0 Å². The molecule has 0 aliphatic carbocycles. The van der Waals surface area contributed by atoms with Gasteiger partial charge in [-0.25, -0.2) is 0 Å². The van der Waals surface area contributed by atoms with Crippen LogP contribution in [0.2, 0.25) is 0 Å². The Morgan fingerprint density at radius 2 is 2.21 bits per heavy atom. The Bertz CT molecular complexity index is 444. The molecule has 19 heavy (non-hydrogen) atoms.